The van der Waals surface area contributed by atoms with E-state index in [2.05, 4.69) is 35.6 Å². The van der Waals surface area contributed by atoms with E-state index in [-0.39, 0.29) is 17.4 Å². The van der Waals surface area contributed by atoms with Gasteiger partial charge in [0.15, 0.2) is 6.04 Å². The van der Waals surface area contributed by atoms with Gasteiger partial charge in [0.25, 0.3) is 5.91 Å². The number of aliphatic carboxylic acids is 1. The third kappa shape index (κ3) is 6.75. The predicted octanol–water partition coefficient (Wildman–Crippen LogP) is 4.39. The molecule has 7 nitrogen and oxygen atoms in total. The number of amidine groups is 1. The first-order valence-corrected chi connectivity index (χ1v) is 11.0. The number of nitrogen functional groups attached to an aromatic ring is 1. The SMILES string of the molecule is CC(N)c1ccc2ccccc2c1.N=C(N)c1cccc(C(=O)N[C@@H](C(=O)O)c2ccccc2)c1. The zero-order valence-electron chi connectivity index (χ0n) is 19.3. The molecule has 1 unspecified atom stereocenters. The van der Waals surface area contributed by atoms with Crippen LogP contribution in [0.5, 0.6) is 0 Å². The molecule has 2 atom stereocenters. The van der Waals surface area contributed by atoms with E-state index >= 15 is 0 Å². The average molecular weight is 469 g/mol. The van der Waals surface area contributed by atoms with E-state index in [1.807, 2.05) is 19.1 Å². The molecular formula is C28H28N4O3. The molecule has 0 spiro atoms. The molecule has 0 fully saturated rings. The Morgan fingerprint density at radius 2 is 1.43 bits per heavy atom. The monoisotopic (exact) mass is 468 g/mol. The fourth-order valence-electron chi connectivity index (χ4n) is 3.47. The Kier molecular flexibility index (Phi) is 8.32. The molecule has 0 aliphatic heterocycles. The molecule has 0 bridgehead atoms. The summed E-state index contributed by atoms with van der Waals surface area (Å²) in [6, 6.07) is 28.3. The van der Waals surface area contributed by atoms with Crippen molar-refractivity contribution in [2.75, 3.05) is 0 Å². The minimum absolute atomic E-state index is 0.115. The van der Waals surface area contributed by atoms with Crippen LogP contribution >= 0.6 is 0 Å². The highest BCUT2D eigenvalue weighted by Crippen LogP contribution is 2.18. The van der Waals surface area contributed by atoms with Gasteiger partial charge in [-0.25, -0.2) is 4.79 Å². The highest BCUT2D eigenvalue weighted by Gasteiger charge is 2.22. The van der Waals surface area contributed by atoms with Crippen LogP contribution in [-0.2, 0) is 4.79 Å². The molecule has 0 heterocycles. The molecular weight excluding hydrogens is 440 g/mol. The number of carbonyl (C=O) groups excluding carboxylic acids is 1. The van der Waals surface area contributed by atoms with Gasteiger partial charge in [-0.3, -0.25) is 10.2 Å². The van der Waals surface area contributed by atoms with Crippen molar-refractivity contribution in [1.82, 2.24) is 5.32 Å². The zero-order chi connectivity index (χ0) is 25.4. The molecule has 4 rings (SSSR count). The maximum Gasteiger partial charge on any atom is 0.330 e. The normalized spacial score (nSPS) is 12.1. The summed E-state index contributed by atoms with van der Waals surface area (Å²) in [5.74, 6) is -1.85. The Bertz CT molecular complexity index is 1340. The van der Waals surface area contributed by atoms with Crippen molar-refractivity contribution in [2.24, 2.45) is 11.5 Å². The summed E-state index contributed by atoms with van der Waals surface area (Å²) < 4.78 is 0. The van der Waals surface area contributed by atoms with Crippen molar-refractivity contribution in [3.8, 4) is 0 Å². The largest absolute Gasteiger partial charge is 0.479 e. The number of nitrogens with two attached hydrogens (primary N) is 2. The first-order valence-electron chi connectivity index (χ1n) is 11.0. The Morgan fingerprint density at radius 1 is 0.800 bits per heavy atom. The van der Waals surface area contributed by atoms with Crippen LogP contribution in [0.25, 0.3) is 10.8 Å². The van der Waals surface area contributed by atoms with Gasteiger partial charge in [0.05, 0.1) is 0 Å². The lowest BCUT2D eigenvalue weighted by Gasteiger charge is -2.15. The summed E-state index contributed by atoms with van der Waals surface area (Å²) in [5, 5.41) is 21.7. The Labute approximate surface area is 203 Å². The molecule has 178 valence electrons. The van der Waals surface area contributed by atoms with E-state index in [1.54, 1.807) is 42.5 Å². The number of carboxylic acids is 1. The van der Waals surface area contributed by atoms with Crippen LogP contribution in [-0.4, -0.2) is 22.8 Å². The van der Waals surface area contributed by atoms with E-state index in [0.29, 0.717) is 11.1 Å². The summed E-state index contributed by atoms with van der Waals surface area (Å²) in [4.78, 5) is 23.6. The number of fused-ring (bicyclic) bond motifs is 1. The molecule has 0 radical (unpaired) electrons. The first kappa shape index (κ1) is 25.1. The van der Waals surface area contributed by atoms with Gasteiger partial charge in [0.1, 0.15) is 5.84 Å². The quantitative estimate of drug-likeness (QED) is 0.211. The molecule has 1 amide bonds. The Morgan fingerprint density at radius 3 is 2.06 bits per heavy atom. The van der Waals surface area contributed by atoms with Crippen LogP contribution in [0.2, 0.25) is 0 Å². The summed E-state index contributed by atoms with van der Waals surface area (Å²) in [7, 11) is 0. The van der Waals surface area contributed by atoms with Crippen LogP contribution in [0.15, 0.2) is 97.1 Å². The van der Waals surface area contributed by atoms with Crippen LogP contribution < -0.4 is 16.8 Å². The smallest absolute Gasteiger partial charge is 0.330 e. The number of carbonyl (C=O) groups is 2. The fourth-order valence-corrected chi connectivity index (χ4v) is 3.47. The predicted molar refractivity (Wildman–Crippen MR) is 138 cm³/mol. The first-order chi connectivity index (χ1) is 16.8. The van der Waals surface area contributed by atoms with Gasteiger partial charge in [-0.2, -0.15) is 0 Å². The molecule has 0 saturated heterocycles. The zero-order valence-corrected chi connectivity index (χ0v) is 19.3. The fraction of sp³-hybridized carbons (Fsp3) is 0.107. The second-order valence-corrected chi connectivity index (χ2v) is 8.05. The average Bonchev–Trinajstić information content (AvgIpc) is 2.87. The van der Waals surface area contributed by atoms with Crippen molar-refractivity contribution < 1.29 is 14.7 Å². The molecule has 4 aromatic rings. The van der Waals surface area contributed by atoms with E-state index in [9.17, 15) is 14.7 Å². The third-order valence-electron chi connectivity index (χ3n) is 5.39. The molecule has 0 aromatic heterocycles. The van der Waals surface area contributed by atoms with Gasteiger partial charge in [0.2, 0.25) is 0 Å². The highest BCUT2D eigenvalue weighted by molar-refractivity contribution is 6.01. The number of rotatable bonds is 6. The molecule has 7 N–H and O–H groups in total. The van der Waals surface area contributed by atoms with E-state index < -0.39 is 17.9 Å². The standard InChI is InChI=1S/C16H15N3O3.C12H13N/c17-14(18)11-7-4-8-12(9-11)15(20)19-13(16(21)22)10-5-2-1-3-6-10;1-9(13)11-7-6-10-4-2-3-5-12(10)8-11/h1-9,13H,(H3,17,18)(H,19,20)(H,21,22);2-9H,13H2,1H3/t13-;/m1./s1. The van der Waals surface area contributed by atoms with E-state index in [4.69, 9.17) is 16.9 Å². The van der Waals surface area contributed by atoms with Gasteiger partial charge in [-0.15, -0.1) is 0 Å². The van der Waals surface area contributed by atoms with E-state index in [0.717, 1.165) is 0 Å². The van der Waals surface area contributed by atoms with Crippen molar-refractivity contribution in [2.45, 2.75) is 19.0 Å². The summed E-state index contributed by atoms with van der Waals surface area (Å²) in [6.07, 6.45) is 0. The summed E-state index contributed by atoms with van der Waals surface area (Å²) in [6.45, 7) is 2.00. The maximum atomic E-state index is 12.2. The number of hydrogen-bond donors (Lipinski definition) is 5. The number of amides is 1. The Balaban J connectivity index is 0.000000223. The summed E-state index contributed by atoms with van der Waals surface area (Å²) >= 11 is 0. The minimum Gasteiger partial charge on any atom is -0.479 e. The number of carboxylic acid groups (broad SMARTS) is 1. The lowest BCUT2D eigenvalue weighted by molar-refractivity contribution is -0.139. The van der Waals surface area contributed by atoms with Crippen molar-refractivity contribution in [3.63, 3.8) is 0 Å². The molecule has 0 saturated carbocycles. The van der Waals surface area contributed by atoms with Gasteiger partial charge >= 0.3 is 5.97 Å². The Hall–Kier alpha value is -4.49. The lowest BCUT2D eigenvalue weighted by Crippen LogP contribution is -2.33. The van der Waals surface area contributed by atoms with Crippen molar-refractivity contribution >= 4 is 28.5 Å². The van der Waals surface area contributed by atoms with Gasteiger partial charge in [-0.05, 0) is 47.0 Å². The second kappa shape index (κ2) is 11.6. The third-order valence-corrected chi connectivity index (χ3v) is 5.39. The molecule has 7 heteroatoms. The summed E-state index contributed by atoms with van der Waals surface area (Å²) in [5.41, 5.74) is 13.5. The van der Waals surface area contributed by atoms with Crippen LogP contribution in [0.1, 0.15) is 46.1 Å². The van der Waals surface area contributed by atoms with Gasteiger partial charge in [-0.1, -0.05) is 78.9 Å². The lowest BCUT2D eigenvalue weighted by atomic mass is 10.0. The number of hydrogen-bond acceptors (Lipinski definition) is 4. The van der Waals surface area contributed by atoms with Gasteiger partial charge < -0.3 is 21.9 Å². The van der Waals surface area contributed by atoms with E-state index in [1.165, 1.54) is 28.5 Å². The molecule has 4 aromatic carbocycles. The molecule has 0 aliphatic carbocycles. The second-order valence-electron chi connectivity index (χ2n) is 8.05. The number of nitrogens with one attached hydrogen (secondary N) is 2. The van der Waals surface area contributed by atoms with Crippen molar-refractivity contribution in [3.05, 3.63) is 119 Å². The maximum absolute atomic E-state index is 12.2. The van der Waals surface area contributed by atoms with Crippen LogP contribution in [0.3, 0.4) is 0 Å². The van der Waals surface area contributed by atoms with Gasteiger partial charge in [0, 0.05) is 17.2 Å². The van der Waals surface area contributed by atoms with Crippen molar-refractivity contribution in [1.29, 1.82) is 5.41 Å². The van der Waals surface area contributed by atoms with Crippen LogP contribution in [0.4, 0.5) is 0 Å². The molecule has 35 heavy (non-hydrogen) atoms. The highest BCUT2D eigenvalue weighted by atomic mass is 16.4. The molecule has 0 aliphatic rings. The minimum atomic E-state index is -1.15. The van der Waals surface area contributed by atoms with Crippen LogP contribution in [0, 0.1) is 5.41 Å². The topological polar surface area (TPSA) is 142 Å². The number of benzene rings is 4.